The highest BCUT2D eigenvalue weighted by molar-refractivity contribution is 6.10. The quantitative estimate of drug-likeness (QED) is 0.801. The lowest BCUT2D eigenvalue weighted by Crippen LogP contribution is -2.48. The average molecular weight is 357 g/mol. The third kappa shape index (κ3) is 3.79. The summed E-state index contributed by atoms with van der Waals surface area (Å²) in [6.45, 7) is 1.07. The van der Waals surface area contributed by atoms with E-state index in [1.54, 1.807) is 0 Å². The van der Waals surface area contributed by atoms with Gasteiger partial charge in [-0.15, -0.1) is 0 Å². The van der Waals surface area contributed by atoms with E-state index < -0.39 is 29.2 Å². The Morgan fingerprint density at radius 3 is 2.56 bits per heavy atom. The van der Waals surface area contributed by atoms with Gasteiger partial charge in [0.25, 0.3) is 5.91 Å². The second-order valence-corrected chi connectivity index (χ2v) is 5.22. The predicted molar refractivity (Wildman–Crippen MR) is 80.2 cm³/mol. The van der Waals surface area contributed by atoms with Crippen molar-refractivity contribution in [2.75, 3.05) is 12.4 Å². The number of carboxylic acid groups (broad SMARTS) is 1. The van der Waals surface area contributed by atoms with Crippen LogP contribution in [0.4, 0.5) is 18.9 Å². The second kappa shape index (κ2) is 6.55. The maximum atomic E-state index is 12.8. The molecule has 1 unspecified atom stereocenters. The maximum absolute atomic E-state index is 12.8. The molecule has 1 atom stereocenters. The molecule has 0 aliphatic carbocycles. The molecule has 0 aliphatic rings. The molecule has 1 aromatic heterocycles. The van der Waals surface area contributed by atoms with Gasteiger partial charge in [0.15, 0.2) is 0 Å². The standard InChI is InChI=1S/C15H14F3N3O4/c1-14(25-2,13(23)24)12(22)20-10-7-19-21(8-10)11-5-3-4-9(6-11)15(16,17)18/h3-8H,1-2H3,(H,20,22)(H,23,24). The van der Waals surface area contributed by atoms with E-state index in [-0.39, 0.29) is 11.4 Å². The van der Waals surface area contributed by atoms with Gasteiger partial charge in [0.2, 0.25) is 5.60 Å². The smallest absolute Gasteiger partial charge is 0.416 e. The molecule has 10 heteroatoms. The van der Waals surface area contributed by atoms with Gasteiger partial charge < -0.3 is 15.2 Å². The number of carboxylic acids is 1. The summed E-state index contributed by atoms with van der Waals surface area (Å²) in [7, 11) is 1.07. The number of halogens is 3. The Labute approximate surface area is 140 Å². The zero-order valence-electron chi connectivity index (χ0n) is 13.2. The lowest BCUT2D eigenvalue weighted by atomic mass is 10.1. The lowest BCUT2D eigenvalue weighted by molar-refractivity contribution is -0.165. The van der Waals surface area contributed by atoms with E-state index in [9.17, 15) is 22.8 Å². The molecule has 25 heavy (non-hydrogen) atoms. The van der Waals surface area contributed by atoms with Crippen LogP contribution in [0.2, 0.25) is 0 Å². The van der Waals surface area contributed by atoms with Crippen LogP contribution in [-0.2, 0) is 20.5 Å². The van der Waals surface area contributed by atoms with Gasteiger partial charge in [-0.05, 0) is 25.1 Å². The number of hydrogen-bond donors (Lipinski definition) is 2. The number of aliphatic carboxylic acids is 1. The predicted octanol–water partition coefficient (Wildman–Crippen LogP) is 2.32. The molecule has 0 saturated carbocycles. The largest absolute Gasteiger partial charge is 0.479 e. The lowest BCUT2D eigenvalue weighted by Gasteiger charge is -2.21. The molecule has 2 N–H and O–H groups in total. The van der Waals surface area contributed by atoms with Crippen molar-refractivity contribution < 1.29 is 32.6 Å². The first-order chi connectivity index (χ1) is 11.6. The van der Waals surface area contributed by atoms with E-state index in [1.807, 2.05) is 0 Å². The molecule has 2 aromatic rings. The van der Waals surface area contributed by atoms with Crippen molar-refractivity contribution in [1.29, 1.82) is 0 Å². The summed E-state index contributed by atoms with van der Waals surface area (Å²) in [6.07, 6.45) is -2.07. The molecule has 0 aliphatic heterocycles. The molecule has 134 valence electrons. The number of methoxy groups -OCH3 is 1. The minimum Gasteiger partial charge on any atom is -0.479 e. The van der Waals surface area contributed by atoms with Gasteiger partial charge in [0.05, 0.1) is 29.3 Å². The zero-order chi connectivity index (χ0) is 18.8. The molecule has 1 amide bonds. The third-order valence-corrected chi connectivity index (χ3v) is 3.53. The van der Waals surface area contributed by atoms with E-state index in [1.165, 1.54) is 24.5 Å². The van der Waals surface area contributed by atoms with Gasteiger partial charge in [-0.3, -0.25) is 4.79 Å². The van der Waals surface area contributed by atoms with Gasteiger partial charge in [0.1, 0.15) is 0 Å². The summed E-state index contributed by atoms with van der Waals surface area (Å²) in [4.78, 5) is 23.2. The molecule has 0 radical (unpaired) electrons. The van der Waals surface area contributed by atoms with E-state index in [2.05, 4.69) is 10.4 Å². The van der Waals surface area contributed by atoms with Crippen LogP contribution in [0.25, 0.3) is 5.69 Å². The second-order valence-electron chi connectivity index (χ2n) is 5.22. The average Bonchev–Trinajstić information content (AvgIpc) is 3.01. The van der Waals surface area contributed by atoms with Crippen LogP contribution in [-0.4, -0.2) is 39.5 Å². The number of benzene rings is 1. The Morgan fingerprint density at radius 2 is 2.00 bits per heavy atom. The van der Waals surface area contributed by atoms with Crippen molar-refractivity contribution in [3.8, 4) is 5.69 Å². The molecular formula is C15H14F3N3O4. The minimum atomic E-state index is -4.50. The minimum absolute atomic E-state index is 0.104. The van der Waals surface area contributed by atoms with Gasteiger partial charge in [0, 0.05) is 7.11 Å². The number of aromatic nitrogens is 2. The first-order valence-corrected chi connectivity index (χ1v) is 6.90. The Bertz CT molecular complexity index is 803. The first kappa shape index (κ1) is 18.5. The molecule has 0 saturated heterocycles. The highest BCUT2D eigenvalue weighted by Gasteiger charge is 2.42. The number of nitrogens with zero attached hydrogens (tertiary/aromatic N) is 2. The monoisotopic (exact) mass is 357 g/mol. The van der Waals surface area contributed by atoms with Crippen molar-refractivity contribution in [3.63, 3.8) is 0 Å². The molecular weight excluding hydrogens is 343 g/mol. The van der Waals surface area contributed by atoms with E-state index in [0.29, 0.717) is 0 Å². The molecule has 0 fully saturated rings. The van der Waals surface area contributed by atoms with Crippen LogP contribution in [0.3, 0.4) is 0 Å². The van der Waals surface area contributed by atoms with Gasteiger partial charge in [-0.1, -0.05) is 6.07 Å². The van der Waals surface area contributed by atoms with Crippen LogP contribution in [0.5, 0.6) is 0 Å². The summed E-state index contributed by atoms with van der Waals surface area (Å²) < 4.78 is 44.1. The number of rotatable bonds is 5. The van der Waals surface area contributed by atoms with Crippen LogP contribution >= 0.6 is 0 Å². The van der Waals surface area contributed by atoms with Gasteiger partial charge in [-0.2, -0.15) is 18.3 Å². The summed E-state index contributed by atoms with van der Waals surface area (Å²) in [5.74, 6) is -2.44. The summed E-state index contributed by atoms with van der Waals surface area (Å²) in [6, 6.07) is 4.45. The van der Waals surface area contributed by atoms with E-state index in [0.717, 1.165) is 30.8 Å². The Hall–Kier alpha value is -2.88. The van der Waals surface area contributed by atoms with Crippen molar-refractivity contribution in [2.24, 2.45) is 0 Å². The Kier molecular flexibility index (Phi) is 4.84. The molecule has 0 bridgehead atoms. The van der Waals surface area contributed by atoms with E-state index in [4.69, 9.17) is 9.84 Å². The number of anilines is 1. The number of amides is 1. The highest BCUT2D eigenvalue weighted by Crippen LogP contribution is 2.30. The third-order valence-electron chi connectivity index (χ3n) is 3.53. The molecule has 2 rings (SSSR count). The topological polar surface area (TPSA) is 93.4 Å². The highest BCUT2D eigenvalue weighted by atomic mass is 19.4. The van der Waals surface area contributed by atoms with Crippen molar-refractivity contribution in [3.05, 3.63) is 42.2 Å². The number of nitrogens with one attached hydrogen (secondary N) is 1. The normalized spacial score (nSPS) is 14.0. The van der Waals surface area contributed by atoms with Crippen LogP contribution in [0.1, 0.15) is 12.5 Å². The summed E-state index contributed by atoms with van der Waals surface area (Å²) in [5.41, 5.74) is -2.72. The fraction of sp³-hybridized carbons (Fsp3) is 0.267. The molecule has 1 heterocycles. The maximum Gasteiger partial charge on any atom is 0.416 e. The van der Waals surface area contributed by atoms with Crippen LogP contribution in [0.15, 0.2) is 36.7 Å². The zero-order valence-corrected chi connectivity index (χ0v) is 13.2. The fourth-order valence-corrected chi connectivity index (χ4v) is 1.88. The SMILES string of the molecule is COC(C)(C(=O)O)C(=O)Nc1cnn(-c2cccc(C(F)(F)F)c2)c1. The van der Waals surface area contributed by atoms with Crippen molar-refractivity contribution in [1.82, 2.24) is 9.78 Å². The van der Waals surface area contributed by atoms with Crippen molar-refractivity contribution >= 4 is 17.6 Å². The fourth-order valence-electron chi connectivity index (χ4n) is 1.88. The molecule has 0 spiro atoms. The molecule has 1 aromatic carbocycles. The number of carbonyl (C=O) groups is 2. The Balaban J connectivity index is 2.24. The van der Waals surface area contributed by atoms with Crippen LogP contribution < -0.4 is 5.32 Å². The number of alkyl halides is 3. The van der Waals surface area contributed by atoms with Crippen LogP contribution in [0, 0.1) is 0 Å². The molecule has 7 nitrogen and oxygen atoms in total. The van der Waals surface area contributed by atoms with Crippen molar-refractivity contribution in [2.45, 2.75) is 18.7 Å². The summed E-state index contributed by atoms with van der Waals surface area (Å²) >= 11 is 0. The number of hydrogen-bond acceptors (Lipinski definition) is 4. The first-order valence-electron chi connectivity index (χ1n) is 6.90. The van der Waals surface area contributed by atoms with E-state index >= 15 is 0 Å². The number of carbonyl (C=O) groups excluding carboxylic acids is 1. The van der Waals surface area contributed by atoms with Gasteiger partial charge in [-0.25, -0.2) is 9.48 Å². The summed E-state index contributed by atoms with van der Waals surface area (Å²) in [5, 5.41) is 15.2. The van der Waals surface area contributed by atoms with Gasteiger partial charge >= 0.3 is 12.1 Å². The number of ether oxygens (including phenoxy) is 1. The Morgan fingerprint density at radius 1 is 1.32 bits per heavy atom.